The molecule has 2 aromatic rings. The molecule has 0 aliphatic rings. The van der Waals surface area contributed by atoms with E-state index >= 15 is 0 Å². The first-order valence-corrected chi connectivity index (χ1v) is 7.94. The number of rotatable bonds is 8. The topological polar surface area (TPSA) is 29.9 Å². The summed E-state index contributed by atoms with van der Waals surface area (Å²) in [4.78, 5) is 4.44. The highest BCUT2D eigenvalue weighted by Crippen LogP contribution is 2.24. The van der Waals surface area contributed by atoms with Gasteiger partial charge in [0, 0.05) is 32.4 Å². The predicted octanol–water partition coefficient (Wildman–Crippen LogP) is 3.44. The van der Waals surface area contributed by atoms with Crippen molar-refractivity contribution in [3.8, 4) is 0 Å². The van der Waals surface area contributed by atoms with E-state index in [9.17, 15) is 0 Å². The zero-order chi connectivity index (χ0) is 15.1. The second-order valence-electron chi connectivity index (χ2n) is 5.75. The van der Waals surface area contributed by atoms with Crippen molar-refractivity contribution in [1.29, 1.82) is 0 Å². The predicted molar refractivity (Wildman–Crippen MR) is 88.6 cm³/mol. The van der Waals surface area contributed by atoms with Gasteiger partial charge in [0.25, 0.3) is 0 Å². The van der Waals surface area contributed by atoms with E-state index in [0.29, 0.717) is 5.92 Å². The summed E-state index contributed by atoms with van der Waals surface area (Å²) in [5.74, 6) is 1.72. The Balaban J connectivity index is 2.05. The molecule has 1 N–H and O–H groups in total. The maximum Gasteiger partial charge on any atom is 0.108 e. The molecule has 1 aromatic carbocycles. The van der Waals surface area contributed by atoms with Crippen LogP contribution in [-0.2, 0) is 13.5 Å². The van der Waals surface area contributed by atoms with Crippen molar-refractivity contribution in [2.24, 2.45) is 7.05 Å². The second-order valence-corrected chi connectivity index (χ2v) is 5.75. The van der Waals surface area contributed by atoms with E-state index < -0.39 is 0 Å². The van der Waals surface area contributed by atoms with Gasteiger partial charge >= 0.3 is 0 Å². The van der Waals surface area contributed by atoms with E-state index in [0.717, 1.165) is 25.9 Å². The summed E-state index contributed by atoms with van der Waals surface area (Å²) in [6.07, 6.45) is 7.24. The molecule has 1 unspecified atom stereocenters. The number of nitrogens with one attached hydrogen (secondary N) is 1. The van der Waals surface area contributed by atoms with Crippen LogP contribution >= 0.6 is 0 Å². The second kappa shape index (κ2) is 7.99. The molecule has 0 aliphatic carbocycles. The Bertz CT molecular complexity index is 545. The van der Waals surface area contributed by atoms with Gasteiger partial charge in [-0.3, -0.25) is 0 Å². The summed E-state index contributed by atoms with van der Waals surface area (Å²) >= 11 is 0. The normalized spacial score (nSPS) is 12.5. The minimum absolute atomic E-state index is 0.550. The van der Waals surface area contributed by atoms with Gasteiger partial charge in [0.15, 0.2) is 0 Å². The third-order valence-electron chi connectivity index (χ3n) is 4.08. The molecule has 0 fully saturated rings. The van der Waals surface area contributed by atoms with Crippen molar-refractivity contribution in [3.05, 3.63) is 53.6 Å². The summed E-state index contributed by atoms with van der Waals surface area (Å²) in [5, 5.41) is 3.58. The molecular formula is C18H27N3. The van der Waals surface area contributed by atoms with Gasteiger partial charge in [0.1, 0.15) is 5.82 Å². The number of benzene rings is 1. The van der Waals surface area contributed by atoms with Crippen LogP contribution < -0.4 is 5.32 Å². The Morgan fingerprint density at radius 2 is 2.10 bits per heavy atom. The molecule has 1 heterocycles. The Kier molecular flexibility index (Phi) is 6.00. The quantitative estimate of drug-likeness (QED) is 0.753. The summed E-state index contributed by atoms with van der Waals surface area (Å²) in [5.41, 5.74) is 2.86. The Labute approximate surface area is 128 Å². The molecule has 0 saturated heterocycles. The Hall–Kier alpha value is -1.61. The standard InChI is InChI=1S/C18H27N3/c1-4-11-19-14-16(17-8-6-5-7-15(17)2)9-10-18-20-12-13-21(18)3/h5-8,12-13,16,19H,4,9-11,14H2,1-3H3. The monoisotopic (exact) mass is 285 g/mol. The van der Waals surface area contributed by atoms with Gasteiger partial charge in [-0.1, -0.05) is 31.2 Å². The summed E-state index contributed by atoms with van der Waals surface area (Å²) in [7, 11) is 2.07. The zero-order valence-electron chi connectivity index (χ0n) is 13.5. The average Bonchev–Trinajstić information content (AvgIpc) is 2.89. The molecule has 3 nitrogen and oxygen atoms in total. The molecule has 0 bridgehead atoms. The first-order chi connectivity index (χ1) is 10.2. The molecule has 21 heavy (non-hydrogen) atoms. The van der Waals surface area contributed by atoms with E-state index in [1.54, 1.807) is 0 Å². The van der Waals surface area contributed by atoms with Gasteiger partial charge in [-0.25, -0.2) is 4.98 Å². The van der Waals surface area contributed by atoms with E-state index in [2.05, 4.69) is 60.0 Å². The van der Waals surface area contributed by atoms with E-state index in [1.165, 1.54) is 23.4 Å². The summed E-state index contributed by atoms with van der Waals surface area (Å²) in [6, 6.07) is 8.75. The molecule has 0 spiro atoms. The Morgan fingerprint density at radius 3 is 2.76 bits per heavy atom. The van der Waals surface area contributed by atoms with E-state index in [4.69, 9.17) is 0 Å². The molecular weight excluding hydrogens is 258 g/mol. The van der Waals surface area contributed by atoms with Gasteiger partial charge < -0.3 is 9.88 Å². The maximum absolute atomic E-state index is 4.44. The van der Waals surface area contributed by atoms with Crippen molar-refractivity contribution in [2.75, 3.05) is 13.1 Å². The third-order valence-corrected chi connectivity index (χ3v) is 4.08. The van der Waals surface area contributed by atoms with Crippen molar-refractivity contribution in [2.45, 2.75) is 39.0 Å². The lowest BCUT2D eigenvalue weighted by Gasteiger charge is -2.20. The summed E-state index contributed by atoms with van der Waals surface area (Å²) < 4.78 is 2.12. The Morgan fingerprint density at radius 1 is 1.29 bits per heavy atom. The third kappa shape index (κ3) is 4.43. The number of hydrogen-bond donors (Lipinski definition) is 1. The van der Waals surface area contributed by atoms with Crippen molar-refractivity contribution < 1.29 is 0 Å². The van der Waals surface area contributed by atoms with Crippen LogP contribution in [-0.4, -0.2) is 22.6 Å². The highest BCUT2D eigenvalue weighted by molar-refractivity contribution is 5.29. The number of nitrogens with zero attached hydrogens (tertiary/aromatic N) is 2. The van der Waals surface area contributed by atoms with Gasteiger partial charge in [-0.05, 0) is 43.4 Å². The lowest BCUT2D eigenvalue weighted by molar-refractivity contribution is 0.537. The van der Waals surface area contributed by atoms with Crippen LogP contribution in [0, 0.1) is 6.92 Å². The van der Waals surface area contributed by atoms with E-state index in [-0.39, 0.29) is 0 Å². The molecule has 1 aromatic heterocycles. The van der Waals surface area contributed by atoms with Crippen molar-refractivity contribution in [1.82, 2.24) is 14.9 Å². The smallest absolute Gasteiger partial charge is 0.108 e. The van der Waals surface area contributed by atoms with Crippen LogP contribution in [0.15, 0.2) is 36.7 Å². The molecule has 0 radical (unpaired) electrons. The van der Waals surface area contributed by atoms with Crippen LogP contribution in [0.1, 0.15) is 42.6 Å². The first kappa shape index (κ1) is 15.8. The molecule has 2 rings (SSSR count). The van der Waals surface area contributed by atoms with Crippen LogP contribution in [0.5, 0.6) is 0 Å². The molecule has 3 heteroatoms. The highest BCUT2D eigenvalue weighted by Gasteiger charge is 2.14. The molecule has 0 amide bonds. The summed E-state index contributed by atoms with van der Waals surface area (Å²) in [6.45, 7) is 6.56. The fourth-order valence-corrected chi connectivity index (χ4v) is 2.81. The number of aromatic nitrogens is 2. The molecule has 114 valence electrons. The fraction of sp³-hybridized carbons (Fsp3) is 0.500. The lowest BCUT2D eigenvalue weighted by atomic mass is 9.90. The minimum atomic E-state index is 0.550. The first-order valence-electron chi connectivity index (χ1n) is 7.94. The highest BCUT2D eigenvalue weighted by atomic mass is 15.0. The van der Waals surface area contributed by atoms with Gasteiger partial charge in [0.05, 0.1) is 0 Å². The molecule has 0 saturated carbocycles. The van der Waals surface area contributed by atoms with E-state index in [1.807, 2.05) is 12.4 Å². The van der Waals surface area contributed by atoms with Crippen LogP contribution in [0.2, 0.25) is 0 Å². The van der Waals surface area contributed by atoms with Crippen LogP contribution in [0.3, 0.4) is 0 Å². The van der Waals surface area contributed by atoms with Gasteiger partial charge in [-0.2, -0.15) is 0 Å². The number of aryl methyl sites for hydroxylation is 3. The minimum Gasteiger partial charge on any atom is -0.338 e. The van der Waals surface area contributed by atoms with Gasteiger partial charge in [-0.15, -0.1) is 0 Å². The largest absolute Gasteiger partial charge is 0.338 e. The van der Waals surface area contributed by atoms with Crippen molar-refractivity contribution in [3.63, 3.8) is 0 Å². The molecule has 0 aliphatic heterocycles. The average molecular weight is 285 g/mol. The zero-order valence-corrected chi connectivity index (χ0v) is 13.5. The maximum atomic E-state index is 4.44. The number of imidazole rings is 1. The molecule has 1 atom stereocenters. The van der Waals surface area contributed by atoms with Crippen LogP contribution in [0.4, 0.5) is 0 Å². The van der Waals surface area contributed by atoms with Crippen molar-refractivity contribution >= 4 is 0 Å². The fourth-order valence-electron chi connectivity index (χ4n) is 2.81. The number of hydrogen-bond acceptors (Lipinski definition) is 2. The lowest BCUT2D eigenvalue weighted by Crippen LogP contribution is -2.23. The van der Waals surface area contributed by atoms with Crippen LogP contribution in [0.25, 0.3) is 0 Å². The van der Waals surface area contributed by atoms with Gasteiger partial charge in [0.2, 0.25) is 0 Å². The SMILES string of the molecule is CCCNCC(CCc1nccn1C)c1ccccc1C.